The normalized spacial score (nSPS) is 13.9. The maximum Gasteiger partial charge on any atom is 0.416 e. The van der Waals surface area contributed by atoms with Crippen LogP contribution in [0.25, 0.3) is 0 Å². The molecule has 0 aromatic heterocycles. The summed E-state index contributed by atoms with van der Waals surface area (Å²) in [5, 5.41) is 9.00. The van der Waals surface area contributed by atoms with Crippen LogP contribution in [0.3, 0.4) is 0 Å². The van der Waals surface area contributed by atoms with E-state index in [0.717, 1.165) is 12.1 Å². The van der Waals surface area contributed by atoms with Crippen LogP contribution >= 0.6 is 0 Å². The molecule has 1 nitrogen and oxygen atoms in total. The van der Waals surface area contributed by atoms with E-state index in [0.29, 0.717) is 12.5 Å². The van der Waals surface area contributed by atoms with Crippen LogP contribution in [0.2, 0.25) is 0 Å². The maximum atomic E-state index is 12.9. The summed E-state index contributed by atoms with van der Waals surface area (Å²) in [5.41, 5.74) is -0.749. The van der Waals surface area contributed by atoms with Gasteiger partial charge in [-0.05, 0) is 43.5 Å². The quantitative estimate of drug-likeness (QED) is 0.799. The smallest absolute Gasteiger partial charge is 0.393 e. The molecule has 16 heavy (non-hydrogen) atoms. The second kappa shape index (κ2) is 4.82. The van der Waals surface area contributed by atoms with Crippen molar-refractivity contribution in [3.8, 4) is 0 Å². The summed E-state index contributed by atoms with van der Waals surface area (Å²) in [6.07, 6.45) is -4.63. The summed E-state index contributed by atoms with van der Waals surface area (Å²) in [5.74, 6) is -0.907. The van der Waals surface area contributed by atoms with Gasteiger partial charge in [0.05, 0.1) is 11.7 Å². The zero-order valence-electron chi connectivity index (χ0n) is 8.68. The fraction of sp³-hybridized carbons (Fsp3) is 0.455. The molecule has 0 bridgehead atoms. The number of hydrogen-bond acceptors (Lipinski definition) is 1. The molecular weight excluding hydrogens is 224 g/mol. The first kappa shape index (κ1) is 13.0. The molecule has 0 amide bonds. The lowest BCUT2D eigenvalue weighted by atomic mass is 10.0. The van der Waals surface area contributed by atoms with Gasteiger partial charge in [0.15, 0.2) is 0 Å². The molecule has 0 heterocycles. The number of halogens is 4. The van der Waals surface area contributed by atoms with Crippen LogP contribution in [0.5, 0.6) is 0 Å². The van der Waals surface area contributed by atoms with Gasteiger partial charge in [-0.3, -0.25) is 0 Å². The van der Waals surface area contributed by atoms with Crippen molar-refractivity contribution in [1.29, 1.82) is 0 Å². The first-order valence-electron chi connectivity index (χ1n) is 4.84. The molecule has 0 spiro atoms. The number of aryl methyl sites for hydroxylation is 1. The van der Waals surface area contributed by atoms with Crippen LogP contribution in [0.15, 0.2) is 18.2 Å². The van der Waals surface area contributed by atoms with Gasteiger partial charge in [-0.1, -0.05) is 0 Å². The van der Waals surface area contributed by atoms with E-state index < -0.39 is 23.7 Å². The second-order valence-electron chi connectivity index (χ2n) is 3.73. The average Bonchev–Trinajstić information content (AvgIpc) is 2.12. The van der Waals surface area contributed by atoms with Gasteiger partial charge < -0.3 is 5.11 Å². The van der Waals surface area contributed by atoms with E-state index in [1.807, 2.05) is 0 Å². The molecular formula is C11H12F4O. The van der Waals surface area contributed by atoms with Crippen molar-refractivity contribution in [2.75, 3.05) is 0 Å². The molecule has 0 fully saturated rings. The second-order valence-corrected chi connectivity index (χ2v) is 3.73. The minimum absolute atomic E-state index is 0.221. The predicted molar refractivity (Wildman–Crippen MR) is 51.4 cm³/mol. The molecule has 1 aromatic carbocycles. The van der Waals surface area contributed by atoms with Gasteiger partial charge in [0.1, 0.15) is 5.82 Å². The molecule has 0 aliphatic heterocycles. The predicted octanol–water partition coefficient (Wildman–Crippen LogP) is 3.16. The first-order chi connectivity index (χ1) is 7.29. The number of aliphatic hydroxyl groups excluding tert-OH is 1. The molecule has 0 aliphatic rings. The Hall–Kier alpha value is -1.10. The van der Waals surface area contributed by atoms with E-state index in [1.54, 1.807) is 0 Å². The van der Waals surface area contributed by atoms with E-state index in [1.165, 1.54) is 6.92 Å². The van der Waals surface area contributed by atoms with Gasteiger partial charge in [-0.25, -0.2) is 4.39 Å². The molecule has 0 radical (unpaired) electrons. The molecule has 90 valence electrons. The summed E-state index contributed by atoms with van der Waals surface area (Å²) in [6, 6.07) is 2.43. The molecule has 5 heteroatoms. The summed E-state index contributed by atoms with van der Waals surface area (Å²) in [4.78, 5) is 0. The minimum Gasteiger partial charge on any atom is -0.393 e. The van der Waals surface area contributed by atoms with Crippen molar-refractivity contribution in [1.82, 2.24) is 0 Å². The lowest BCUT2D eigenvalue weighted by molar-refractivity contribution is -0.137. The minimum atomic E-state index is -4.54. The Morgan fingerprint density at radius 3 is 2.38 bits per heavy atom. The molecule has 0 unspecified atom stereocenters. The van der Waals surface area contributed by atoms with Crippen LogP contribution in [-0.4, -0.2) is 11.2 Å². The summed E-state index contributed by atoms with van der Waals surface area (Å²) in [7, 11) is 0. The fourth-order valence-electron chi connectivity index (χ4n) is 1.33. The molecule has 0 saturated carbocycles. The standard InChI is InChI=1S/C11H12F4O/c1-7(16)2-3-8-4-9(11(13,14)15)6-10(12)5-8/h4-7,16H,2-3H2,1H3/t7-/m1/s1. The van der Waals surface area contributed by atoms with E-state index in [9.17, 15) is 17.6 Å². The van der Waals surface area contributed by atoms with Crippen molar-refractivity contribution in [3.05, 3.63) is 35.1 Å². The van der Waals surface area contributed by atoms with Crippen molar-refractivity contribution < 1.29 is 22.7 Å². The number of aliphatic hydroxyl groups is 1. The Morgan fingerprint density at radius 1 is 1.25 bits per heavy atom. The number of alkyl halides is 3. The number of benzene rings is 1. The number of rotatable bonds is 3. The Bertz CT molecular complexity index is 357. The zero-order valence-corrected chi connectivity index (χ0v) is 8.68. The van der Waals surface area contributed by atoms with E-state index in [-0.39, 0.29) is 12.0 Å². The summed E-state index contributed by atoms with van der Waals surface area (Å²) >= 11 is 0. The van der Waals surface area contributed by atoms with Crippen molar-refractivity contribution in [2.24, 2.45) is 0 Å². The van der Waals surface area contributed by atoms with Crippen LogP contribution < -0.4 is 0 Å². The summed E-state index contributed by atoms with van der Waals surface area (Å²) in [6.45, 7) is 1.53. The van der Waals surface area contributed by atoms with E-state index >= 15 is 0 Å². The Balaban J connectivity index is 2.90. The SMILES string of the molecule is C[C@@H](O)CCc1cc(F)cc(C(F)(F)F)c1. The Kier molecular flexibility index (Phi) is 3.91. The van der Waals surface area contributed by atoms with E-state index in [2.05, 4.69) is 0 Å². The molecule has 1 atom stereocenters. The monoisotopic (exact) mass is 236 g/mol. The number of hydrogen-bond donors (Lipinski definition) is 1. The third-order valence-corrected chi connectivity index (χ3v) is 2.14. The lowest BCUT2D eigenvalue weighted by Gasteiger charge is -2.10. The third kappa shape index (κ3) is 3.81. The lowest BCUT2D eigenvalue weighted by Crippen LogP contribution is -2.07. The maximum absolute atomic E-state index is 12.9. The Morgan fingerprint density at radius 2 is 1.88 bits per heavy atom. The van der Waals surface area contributed by atoms with Gasteiger partial charge in [-0.2, -0.15) is 13.2 Å². The summed E-state index contributed by atoms with van der Waals surface area (Å²) < 4.78 is 49.9. The van der Waals surface area contributed by atoms with Crippen molar-refractivity contribution in [3.63, 3.8) is 0 Å². The topological polar surface area (TPSA) is 20.2 Å². The van der Waals surface area contributed by atoms with Crippen LogP contribution in [-0.2, 0) is 12.6 Å². The third-order valence-electron chi connectivity index (χ3n) is 2.14. The van der Waals surface area contributed by atoms with Gasteiger partial charge in [0.25, 0.3) is 0 Å². The molecule has 0 aliphatic carbocycles. The molecule has 1 rings (SSSR count). The highest BCUT2D eigenvalue weighted by molar-refractivity contribution is 5.26. The fourth-order valence-corrected chi connectivity index (χ4v) is 1.33. The highest BCUT2D eigenvalue weighted by Gasteiger charge is 2.31. The van der Waals surface area contributed by atoms with Crippen LogP contribution in [0.4, 0.5) is 17.6 Å². The Labute approximate surface area is 90.7 Å². The largest absolute Gasteiger partial charge is 0.416 e. The molecule has 1 N–H and O–H groups in total. The van der Waals surface area contributed by atoms with Crippen molar-refractivity contribution >= 4 is 0 Å². The van der Waals surface area contributed by atoms with Gasteiger partial charge in [0.2, 0.25) is 0 Å². The van der Waals surface area contributed by atoms with Gasteiger partial charge >= 0.3 is 6.18 Å². The first-order valence-corrected chi connectivity index (χ1v) is 4.84. The van der Waals surface area contributed by atoms with E-state index in [4.69, 9.17) is 5.11 Å². The van der Waals surface area contributed by atoms with Crippen molar-refractivity contribution in [2.45, 2.75) is 32.0 Å². The average molecular weight is 236 g/mol. The van der Waals surface area contributed by atoms with Gasteiger partial charge in [-0.15, -0.1) is 0 Å². The van der Waals surface area contributed by atoms with Crippen LogP contribution in [0.1, 0.15) is 24.5 Å². The zero-order chi connectivity index (χ0) is 12.3. The van der Waals surface area contributed by atoms with Crippen LogP contribution in [0, 0.1) is 5.82 Å². The molecule has 0 saturated heterocycles. The highest BCUT2D eigenvalue weighted by Crippen LogP contribution is 2.30. The van der Waals surface area contributed by atoms with Gasteiger partial charge in [0, 0.05) is 0 Å². The highest BCUT2D eigenvalue weighted by atomic mass is 19.4. The molecule has 1 aromatic rings.